The van der Waals surface area contributed by atoms with Crippen molar-refractivity contribution in [1.82, 2.24) is 39.0 Å². The summed E-state index contributed by atoms with van der Waals surface area (Å²) in [5.41, 5.74) is 7.21. The highest BCUT2D eigenvalue weighted by Gasteiger charge is 2.55. The Labute approximate surface area is 254 Å². The average molecular weight is 690 g/mol. The van der Waals surface area contributed by atoms with Crippen molar-refractivity contribution in [2.24, 2.45) is 0 Å². The van der Waals surface area contributed by atoms with Gasteiger partial charge in [-0.05, 0) is 0 Å². The summed E-state index contributed by atoms with van der Waals surface area (Å²) in [7, 11) is -3.53. The molecule has 0 spiro atoms. The molecule has 22 nitrogen and oxygen atoms in total. The molecule has 4 aromatic rings. The van der Waals surface area contributed by atoms with Crippen molar-refractivity contribution in [3.63, 3.8) is 0 Å². The highest BCUT2D eigenvalue weighted by molar-refractivity contribution is 8.44. The molecule has 3 fully saturated rings. The van der Waals surface area contributed by atoms with E-state index in [-0.39, 0.29) is 40.8 Å². The molecule has 3 saturated heterocycles. The normalized spacial score (nSPS) is 36.0. The van der Waals surface area contributed by atoms with Crippen LogP contribution in [0.1, 0.15) is 6.23 Å². The van der Waals surface area contributed by atoms with E-state index in [0.29, 0.717) is 0 Å². The lowest BCUT2D eigenvalue weighted by atomic mass is 9.99. The molecule has 0 saturated carbocycles. The smallest absolute Gasteiger partial charge is 0.386 e. The summed E-state index contributed by atoms with van der Waals surface area (Å²) in [6.45, 7) is -5.92. The van der Waals surface area contributed by atoms with E-state index < -0.39 is 81.9 Å². The number of nitrogen functional groups attached to an aromatic ring is 2. The summed E-state index contributed by atoms with van der Waals surface area (Å²) in [5.74, 6) is -0.506. The van der Waals surface area contributed by atoms with Crippen molar-refractivity contribution in [2.45, 2.75) is 42.5 Å². The number of thiol groups is 1. The molecule has 6 unspecified atom stereocenters. The van der Waals surface area contributed by atoms with Gasteiger partial charge in [-0.15, -0.1) is 0 Å². The molecule has 3 aliphatic heterocycles. The van der Waals surface area contributed by atoms with Crippen LogP contribution in [0, 0.1) is 0 Å². The number of anilines is 2. The third-order valence-electron chi connectivity index (χ3n) is 7.38. The maximum atomic E-state index is 13.7. The number of imidazole rings is 2. The number of nitrogens with zero attached hydrogens (tertiary/aromatic N) is 6. The van der Waals surface area contributed by atoms with E-state index in [1.807, 2.05) is 0 Å². The molecule has 0 aliphatic carbocycles. The van der Waals surface area contributed by atoms with Crippen LogP contribution in [-0.2, 0) is 42.4 Å². The fourth-order valence-electron chi connectivity index (χ4n) is 5.45. The summed E-state index contributed by atoms with van der Waals surface area (Å²) in [6, 6.07) is 0. The molecule has 3 aliphatic rings. The number of hydrogen-bond acceptors (Lipinski definition) is 18. The first-order valence-electron chi connectivity index (χ1n) is 13.0. The van der Waals surface area contributed by atoms with Crippen molar-refractivity contribution in [3.05, 3.63) is 33.4 Å². The Hall–Kier alpha value is -3.21. The monoisotopic (exact) mass is 690 g/mol. The van der Waals surface area contributed by atoms with Crippen molar-refractivity contribution in [1.29, 1.82) is 0 Å². The van der Waals surface area contributed by atoms with Gasteiger partial charge in [0.25, 0.3) is 11.1 Å². The Kier molecular flexibility index (Phi) is 7.41. The Morgan fingerprint density at radius 1 is 1.04 bits per heavy atom. The van der Waals surface area contributed by atoms with E-state index in [4.69, 9.17) is 39.0 Å². The van der Waals surface area contributed by atoms with Gasteiger partial charge in [0.1, 0.15) is 30.5 Å². The summed E-state index contributed by atoms with van der Waals surface area (Å²) in [6.07, 6.45) is -6.56. The number of fused-ring (bicyclic) bond motifs is 4. The highest BCUT2D eigenvalue weighted by Crippen LogP contribution is 2.59. The van der Waals surface area contributed by atoms with Crippen molar-refractivity contribution < 1.29 is 46.9 Å². The second-order valence-corrected chi connectivity index (χ2v) is 14.1. The zero-order chi connectivity index (χ0) is 31.8. The van der Waals surface area contributed by atoms with Gasteiger partial charge in [-0.25, -0.2) is 14.5 Å². The third-order valence-corrected chi connectivity index (χ3v) is 9.84. The molecule has 242 valence electrons. The fraction of sp³-hybridized carbons (Fsp3) is 0.500. The highest BCUT2D eigenvalue weighted by atomic mass is 32.7. The molecule has 4 aromatic heterocycles. The topological polar surface area (TPSA) is 309 Å². The number of aliphatic hydroxyl groups is 2. The molecule has 8 N–H and O–H groups in total. The van der Waals surface area contributed by atoms with Crippen LogP contribution in [0.2, 0.25) is 0 Å². The number of nitrogens with two attached hydrogens (primary N) is 2. The number of aliphatic hydroxyl groups excluding tert-OH is 1. The van der Waals surface area contributed by atoms with Gasteiger partial charge in [-0.3, -0.25) is 46.8 Å². The lowest BCUT2D eigenvalue weighted by molar-refractivity contribution is -0.231. The SMILES string of the molecule is Nc1nc2c(ncn2[C@H]2O[C@@H]3CO[PH](=O)OC4C(COCC4(O)n4cnc5c(=O)[nH]c(N)nc54)O[P@](=O)(S)OC3C2O)c(=O)[nH]1. The summed E-state index contributed by atoms with van der Waals surface area (Å²) in [4.78, 5) is 45.2. The van der Waals surface area contributed by atoms with E-state index in [1.165, 1.54) is 10.9 Å². The molecule has 0 radical (unpaired) electrons. The van der Waals surface area contributed by atoms with E-state index in [9.17, 15) is 28.9 Å². The van der Waals surface area contributed by atoms with Crippen LogP contribution in [-0.4, -0.2) is 99.6 Å². The van der Waals surface area contributed by atoms with Gasteiger partial charge in [0.2, 0.25) is 11.9 Å². The fourth-order valence-corrected chi connectivity index (χ4v) is 8.18. The number of rotatable bonds is 2. The molecular weight excluding hydrogens is 666 g/mol. The van der Waals surface area contributed by atoms with Crippen LogP contribution in [0.4, 0.5) is 11.9 Å². The first-order valence-corrected chi connectivity index (χ1v) is 16.9. The van der Waals surface area contributed by atoms with Gasteiger partial charge in [0.05, 0.1) is 32.5 Å². The van der Waals surface area contributed by atoms with Gasteiger partial charge in [-0.2, -0.15) is 9.97 Å². The zero-order valence-corrected chi connectivity index (χ0v) is 25.2. The van der Waals surface area contributed by atoms with E-state index in [0.717, 1.165) is 10.9 Å². The lowest BCUT2D eigenvalue weighted by Gasteiger charge is -2.43. The van der Waals surface area contributed by atoms with Gasteiger partial charge in [-0.1, -0.05) is 12.2 Å². The third kappa shape index (κ3) is 5.19. The molecule has 0 aromatic carbocycles. The minimum Gasteiger partial charge on any atom is -0.386 e. The predicted molar refractivity (Wildman–Crippen MR) is 152 cm³/mol. The molecule has 0 amide bonds. The zero-order valence-electron chi connectivity index (χ0n) is 22.4. The molecule has 7 heterocycles. The quantitative estimate of drug-likeness (QED) is 0.0880. The Morgan fingerprint density at radius 3 is 2.44 bits per heavy atom. The molecule has 9 atom stereocenters. The van der Waals surface area contributed by atoms with Crippen LogP contribution < -0.4 is 22.6 Å². The molecule has 45 heavy (non-hydrogen) atoms. The summed E-state index contributed by atoms with van der Waals surface area (Å²) < 4.78 is 62.9. The molecular formula is C20H24N10O12P2S. The van der Waals surface area contributed by atoms with Crippen molar-refractivity contribution >= 4 is 61.5 Å². The first kappa shape index (κ1) is 30.4. The maximum absolute atomic E-state index is 13.7. The Morgan fingerprint density at radius 2 is 1.71 bits per heavy atom. The molecule has 25 heteroatoms. The maximum Gasteiger partial charge on any atom is 0.387 e. The van der Waals surface area contributed by atoms with Crippen LogP contribution in [0.15, 0.2) is 22.2 Å². The standard InChI is InChI=1S/C20H24N10O12P2S/c21-18-25-13-8(15(32)27-18)23-4-29(13)17-10(31)11-6(39-17)2-38-43(35)40-12-7(41-44(36,45)42-11)1-37-3-20(12,34)30-5-24-9-14(30)26-19(22)28-16(9)33/h4-7,10-12,17,31,34,43H,1-3H2,(H,36,45)(H3,21,25,27,32)(H3,22,26,28,33)/t6-,7?,10?,11?,12?,17+,20?,44+/m1/s1. The van der Waals surface area contributed by atoms with E-state index >= 15 is 0 Å². The minimum absolute atomic E-state index is 0.0318. The van der Waals surface area contributed by atoms with E-state index in [1.54, 1.807) is 0 Å². The first-order chi connectivity index (χ1) is 21.3. The van der Waals surface area contributed by atoms with Crippen molar-refractivity contribution in [2.75, 3.05) is 31.3 Å². The van der Waals surface area contributed by atoms with Gasteiger partial charge in [0, 0.05) is 0 Å². The van der Waals surface area contributed by atoms with Crippen molar-refractivity contribution in [3.8, 4) is 0 Å². The van der Waals surface area contributed by atoms with Gasteiger partial charge in [0.15, 0.2) is 34.3 Å². The predicted octanol–water partition coefficient (Wildman–Crippen LogP) is -2.04. The number of aromatic amines is 2. The van der Waals surface area contributed by atoms with Crippen LogP contribution in [0.5, 0.6) is 0 Å². The minimum atomic E-state index is -4.50. The largest absolute Gasteiger partial charge is 0.387 e. The summed E-state index contributed by atoms with van der Waals surface area (Å²) in [5, 5.41) is 23.1. The molecule has 0 bridgehead atoms. The Bertz CT molecular complexity index is 2000. The number of hydrogen-bond donors (Lipinski definition) is 7. The average Bonchev–Trinajstić information content (AvgIpc) is 3.65. The number of H-pyrrole nitrogens is 2. The number of aromatic nitrogens is 8. The van der Waals surface area contributed by atoms with Crippen LogP contribution in [0.3, 0.4) is 0 Å². The van der Waals surface area contributed by atoms with Crippen LogP contribution in [0.25, 0.3) is 22.3 Å². The number of ether oxygens (including phenoxy) is 2. The van der Waals surface area contributed by atoms with Gasteiger partial charge < -0.3 is 35.7 Å². The van der Waals surface area contributed by atoms with E-state index in [2.05, 4.69) is 42.2 Å². The lowest BCUT2D eigenvalue weighted by Crippen LogP contribution is -2.59. The second kappa shape index (κ2) is 11.0. The van der Waals surface area contributed by atoms with Gasteiger partial charge >= 0.3 is 15.1 Å². The summed E-state index contributed by atoms with van der Waals surface area (Å²) >= 11 is 4.08. The molecule has 7 rings (SSSR count). The Balaban J connectivity index is 1.22. The van der Waals surface area contributed by atoms with Crippen LogP contribution >= 0.6 is 27.3 Å². The second-order valence-electron chi connectivity index (χ2n) is 10.2. The number of nitrogens with one attached hydrogen (secondary N) is 2.